The van der Waals surface area contributed by atoms with Gasteiger partial charge in [-0.15, -0.1) is 0 Å². The van der Waals surface area contributed by atoms with E-state index in [0.29, 0.717) is 54.9 Å². The number of anilines is 1. The Labute approximate surface area is 143 Å². The molecule has 0 saturated carbocycles. The van der Waals surface area contributed by atoms with Gasteiger partial charge in [0.25, 0.3) is 0 Å². The number of hydrogen-bond donors (Lipinski definition) is 1. The number of piperidine rings is 1. The molecule has 2 aliphatic rings. The van der Waals surface area contributed by atoms with Crippen LogP contribution in [0.3, 0.4) is 0 Å². The summed E-state index contributed by atoms with van der Waals surface area (Å²) in [7, 11) is 0. The molecule has 0 unspecified atom stereocenters. The Hall–Kier alpha value is -1.34. The summed E-state index contributed by atoms with van der Waals surface area (Å²) < 4.78 is 11.2. The summed E-state index contributed by atoms with van der Waals surface area (Å²) in [6.07, 6.45) is 1.12. The fraction of sp³-hybridized carbons (Fsp3) is 0.467. The van der Waals surface area contributed by atoms with Crippen molar-refractivity contribution in [2.45, 2.75) is 18.6 Å². The third-order valence-corrected chi connectivity index (χ3v) is 4.56. The maximum atomic E-state index is 12.3. The van der Waals surface area contributed by atoms with Crippen LogP contribution < -0.4 is 5.32 Å². The SMILES string of the molecule is O=C(Nc1cc(Cl)ccc1Cl)C(=O)N1CCC2(CC1)OCCO2. The summed E-state index contributed by atoms with van der Waals surface area (Å²) >= 11 is 11.8. The van der Waals surface area contributed by atoms with E-state index in [9.17, 15) is 9.59 Å². The number of halogens is 2. The number of benzene rings is 1. The van der Waals surface area contributed by atoms with Gasteiger partial charge in [-0.2, -0.15) is 0 Å². The Kier molecular flexibility index (Phi) is 4.77. The topological polar surface area (TPSA) is 67.9 Å². The Balaban J connectivity index is 1.60. The van der Waals surface area contributed by atoms with E-state index >= 15 is 0 Å². The van der Waals surface area contributed by atoms with Gasteiger partial charge in [0.15, 0.2) is 5.79 Å². The van der Waals surface area contributed by atoms with E-state index in [4.69, 9.17) is 32.7 Å². The second-order valence-corrected chi connectivity index (χ2v) is 6.32. The van der Waals surface area contributed by atoms with Crippen LogP contribution in [0.2, 0.25) is 10.0 Å². The molecule has 1 spiro atoms. The van der Waals surface area contributed by atoms with Crippen LogP contribution >= 0.6 is 23.2 Å². The van der Waals surface area contributed by atoms with Gasteiger partial charge in [-0.1, -0.05) is 23.2 Å². The summed E-state index contributed by atoms with van der Waals surface area (Å²) in [4.78, 5) is 25.9. The molecule has 2 heterocycles. The smallest absolute Gasteiger partial charge is 0.313 e. The Bertz CT molecular complexity index is 622. The molecular formula is C15H16Cl2N2O4. The summed E-state index contributed by atoms with van der Waals surface area (Å²) in [5.41, 5.74) is 0.313. The van der Waals surface area contributed by atoms with Crippen molar-refractivity contribution in [3.63, 3.8) is 0 Å². The zero-order valence-corrected chi connectivity index (χ0v) is 13.8. The van der Waals surface area contributed by atoms with Gasteiger partial charge in [0, 0.05) is 31.0 Å². The second-order valence-electron chi connectivity index (χ2n) is 5.48. The lowest BCUT2D eigenvalue weighted by Crippen LogP contribution is -2.50. The Morgan fingerprint density at radius 1 is 1.13 bits per heavy atom. The van der Waals surface area contributed by atoms with Crippen LogP contribution in [-0.4, -0.2) is 48.8 Å². The van der Waals surface area contributed by atoms with Crippen LogP contribution in [0.1, 0.15) is 12.8 Å². The highest BCUT2D eigenvalue weighted by Crippen LogP contribution is 2.31. The highest BCUT2D eigenvalue weighted by Gasteiger charge is 2.41. The van der Waals surface area contributed by atoms with Gasteiger partial charge < -0.3 is 19.7 Å². The van der Waals surface area contributed by atoms with Crippen molar-refractivity contribution in [2.75, 3.05) is 31.6 Å². The van der Waals surface area contributed by atoms with Crippen molar-refractivity contribution in [1.29, 1.82) is 0 Å². The standard InChI is InChI=1S/C15H16Cl2N2O4/c16-10-1-2-11(17)12(9-10)18-13(20)14(21)19-5-3-15(4-6-19)22-7-8-23-15/h1-2,9H,3-8H2,(H,18,20). The van der Waals surface area contributed by atoms with Crippen molar-refractivity contribution < 1.29 is 19.1 Å². The fourth-order valence-corrected chi connectivity index (χ4v) is 3.09. The van der Waals surface area contributed by atoms with Crippen LogP contribution in [0.5, 0.6) is 0 Å². The van der Waals surface area contributed by atoms with Crippen molar-refractivity contribution in [2.24, 2.45) is 0 Å². The molecule has 1 N–H and O–H groups in total. The summed E-state index contributed by atoms with van der Waals surface area (Å²) in [6, 6.07) is 4.66. The van der Waals surface area contributed by atoms with Gasteiger partial charge in [0.1, 0.15) is 0 Å². The van der Waals surface area contributed by atoms with Crippen LogP contribution in [0.25, 0.3) is 0 Å². The molecule has 6 nitrogen and oxygen atoms in total. The monoisotopic (exact) mass is 358 g/mol. The first kappa shape index (κ1) is 16.5. The average Bonchev–Trinajstić information content (AvgIpc) is 2.99. The van der Waals surface area contributed by atoms with Gasteiger partial charge in [0.2, 0.25) is 0 Å². The number of carbonyl (C=O) groups excluding carboxylic acids is 2. The van der Waals surface area contributed by atoms with Crippen molar-refractivity contribution in [3.8, 4) is 0 Å². The van der Waals surface area contributed by atoms with Gasteiger partial charge in [0.05, 0.1) is 23.9 Å². The molecule has 0 aliphatic carbocycles. The Morgan fingerprint density at radius 2 is 1.78 bits per heavy atom. The van der Waals surface area contributed by atoms with E-state index in [1.54, 1.807) is 12.1 Å². The minimum atomic E-state index is -0.738. The number of amides is 2. The van der Waals surface area contributed by atoms with Crippen LogP contribution in [0.15, 0.2) is 18.2 Å². The fourth-order valence-electron chi connectivity index (χ4n) is 2.75. The molecule has 8 heteroatoms. The van der Waals surface area contributed by atoms with Crippen molar-refractivity contribution in [1.82, 2.24) is 4.90 Å². The van der Waals surface area contributed by atoms with E-state index in [1.165, 1.54) is 11.0 Å². The summed E-state index contributed by atoms with van der Waals surface area (Å²) in [5.74, 6) is -1.92. The van der Waals surface area contributed by atoms with Crippen molar-refractivity contribution in [3.05, 3.63) is 28.2 Å². The minimum absolute atomic E-state index is 0.313. The normalized spacial score (nSPS) is 19.8. The van der Waals surface area contributed by atoms with E-state index < -0.39 is 17.6 Å². The summed E-state index contributed by atoms with van der Waals surface area (Å²) in [5, 5.41) is 3.24. The van der Waals surface area contributed by atoms with E-state index in [1.807, 2.05) is 0 Å². The number of nitrogens with one attached hydrogen (secondary N) is 1. The lowest BCUT2D eigenvalue weighted by Gasteiger charge is -2.37. The molecule has 2 fully saturated rings. The summed E-state index contributed by atoms with van der Waals surface area (Å²) in [6.45, 7) is 1.97. The van der Waals surface area contributed by atoms with Crippen LogP contribution in [-0.2, 0) is 19.1 Å². The average molecular weight is 359 g/mol. The quantitative estimate of drug-likeness (QED) is 0.782. The number of rotatable bonds is 1. The first-order valence-corrected chi connectivity index (χ1v) is 8.08. The van der Waals surface area contributed by atoms with E-state index in [0.717, 1.165) is 0 Å². The number of carbonyl (C=O) groups is 2. The molecule has 0 radical (unpaired) electrons. The predicted octanol–water partition coefficient (Wildman–Crippen LogP) is 2.30. The molecular weight excluding hydrogens is 343 g/mol. The molecule has 124 valence electrons. The van der Waals surface area contributed by atoms with Crippen molar-refractivity contribution >= 4 is 40.7 Å². The molecule has 2 amide bonds. The minimum Gasteiger partial charge on any atom is -0.347 e. The molecule has 2 aliphatic heterocycles. The Morgan fingerprint density at radius 3 is 2.43 bits per heavy atom. The first-order valence-electron chi connectivity index (χ1n) is 7.32. The number of likely N-dealkylation sites (tertiary alicyclic amines) is 1. The van der Waals surface area contributed by atoms with Gasteiger partial charge in [-0.3, -0.25) is 9.59 Å². The number of hydrogen-bond acceptors (Lipinski definition) is 4. The van der Waals surface area contributed by atoms with Crippen LogP contribution in [0, 0.1) is 0 Å². The van der Waals surface area contributed by atoms with Gasteiger partial charge in [-0.05, 0) is 18.2 Å². The lowest BCUT2D eigenvalue weighted by molar-refractivity contribution is -0.187. The number of nitrogens with zero attached hydrogens (tertiary/aromatic N) is 1. The third-order valence-electron chi connectivity index (χ3n) is 4.00. The van der Waals surface area contributed by atoms with Crippen LogP contribution in [0.4, 0.5) is 5.69 Å². The maximum absolute atomic E-state index is 12.3. The molecule has 0 aromatic heterocycles. The zero-order valence-electron chi connectivity index (χ0n) is 12.3. The maximum Gasteiger partial charge on any atom is 0.313 e. The molecule has 23 heavy (non-hydrogen) atoms. The highest BCUT2D eigenvalue weighted by atomic mass is 35.5. The molecule has 1 aromatic rings. The largest absolute Gasteiger partial charge is 0.347 e. The highest BCUT2D eigenvalue weighted by molar-refractivity contribution is 6.42. The van der Waals surface area contributed by atoms with E-state index in [-0.39, 0.29) is 0 Å². The van der Waals surface area contributed by atoms with E-state index in [2.05, 4.69) is 5.32 Å². The molecule has 1 aromatic carbocycles. The predicted molar refractivity (Wildman–Crippen MR) is 85.5 cm³/mol. The molecule has 0 atom stereocenters. The second kappa shape index (κ2) is 6.65. The zero-order chi connectivity index (χ0) is 16.4. The molecule has 0 bridgehead atoms. The first-order chi connectivity index (χ1) is 11.0. The molecule has 3 rings (SSSR count). The van der Waals surface area contributed by atoms with Gasteiger partial charge in [-0.25, -0.2) is 0 Å². The lowest BCUT2D eigenvalue weighted by atomic mass is 10.0. The molecule has 2 saturated heterocycles. The van der Waals surface area contributed by atoms with Gasteiger partial charge >= 0.3 is 11.8 Å². The number of ether oxygens (including phenoxy) is 2. The third kappa shape index (κ3) is 3.61.